The Morgan fingerprint density at radius 3 is 2.55 bits per heavy atom. The molecule has 1 aromatic rings. The molecule has 0 unspecified atom stereocenters. The highest BCUT2D eigenvalue weighted by atomic mass is 16.5. The van der Waals surface area contributed by atoms with Gasteiger partial charge >= 0.3 is 0 Å². The molecule has 1 saturated carbocycles. The van der Waals surface area contributed by atoms with Gasteiger partial charge in [0.2, 0.25) is 5.88 Å². The summed E-state index contributed by atoms with van der Waals surface area (Å²) in [7, 11) is 0. The van der Waals surface area contributed by atoms with E-state index in [2.05, 4.69) is 4.98 Å². The number of ether oxygens (including phenoxy) is 1. The SMILES string of the molecule is Cc1ccc(C(N)=O)c(OCC2(N)CCCCCC2)n1. The van der Waals surface area contributed by atoms with E-state index in [1.54, 1.807) is 12.1 Å². The number of carbonyl (C=O) groups excluding carboxylic acids is 1. The maximum atomic E-state index is 11.4. The molecule has 0 saturated heterocycles. The first-order valence-corrected chi connectivity index (χ1v) is 7.19. The van der Waals surface area contributed by atoms with Crippen molar-refractivity contribution in [2.75, 3.05) is 6.61 Å². The van der Waals surface area contributed by atoms with E-state index in [0.29, 0.717) is 18.1 Å². The first kappa shape index (κ1) is 14.8. The van der Waals surface area contributed by atoms with E-state index < -0.39 is 5.91 Å². The lowest BCUT2D eigenvalue weighted by molar-refractivity contribution is 0.0992. The summed E-state index contributed by atoms with van der Waals surface area (Å²) in [6.45, 7) is 2.23. The van der Waals surface area contributed by atoms with Gasteiger partial charge in [0.05, 0.1) is 5.54 Å². The molecule has 1 aliphatic carbocycles. The zero-order valence-electron chi connectivity index (χ0n) is 12.0. The van der Waals surface area contributed by atoms with Crippen molar-refractivity contribution >= 4 is 5.91 Å². The van der Waals surface area contributed by atoms with Crippen molar-refractivity contribution in [3.63, 3.8) is 0 Å². The molecule has 0 bridgehead atoms. The van der Waals surface area contributed by atoms with Crippen LogP contribution >= 0.6 is 0 Å². The molecule has 1 aliphatic rings. The average Bonchev–Trinajstić information content (AvgIpc) is 2.62. The Morgan fingerprint density at radius 2 is 1.95 bits per heavy atom. The third-order valence-corrected chi connectivity index (χ3v) is 3.86. The van der Waals surface area contributed by atoms with E-state index in [9.17, 15) is 4.79 Å². The van der Waals surface area contributed by atoms with Gasteiger partial charge in [0.1, 0.15) is 12.2 Å². The number of pyridine rings is 1. The van der Waals surface area contributed by atoms with E-state index in [1.165, 1.54) is 12.8 Å². The van der Waals surface area contributed by atoms with Crippen LogP contribution in [0.15, 0.2) is 12.1 Å². The van der Waals surface area contributed by atoms with E-state index in [0.717, 1.165) is 31.4 Å². The molecular weight excluding hydrogens is 254 g/mol. The molecule has 1 aromatic heterocycles. The first-order chi connectivity index (χ1) is 9.50. The van der Waals surface area contributed by atoms with Crippen molar-refractivity contribution in [1.82, 2.24) is 4.98 Å². The third kappa shape index (κ3) is 3.70. The number of hydrogen-bond donors (Lipinski definition) is 2. The molecule has 20 heavy (non-hydrogen) atoms. The predicted octanol–water partition coefficient (Wildman–Crippen LogP) is 1.92. The van der Waals surface area contributed by atoms with Crippen molar-refractivity contribution < 1.29 is 9.53 Å². The van der Waals surface area contributed by atoms with E-state index in [1.807, 2.05) is 6.92 Å². The van der Waals surface area contributed by atoms with E-state index in [-0.39, 0.29) is 5.54 Å². The van der Waals surface area contributed by atoms with Gasteiger partial charge in [0, 0.05) is 5.69 Å². The lowest BCUT2D eigenvalue weighted by atomic mass is 9.92. The Hall–Kier alpha value is -1.62. The van der Waals surface area contributed by atoms with Gasteiger partial charge in [-0.15, -0.1) is 0 Å². The monoisotopic (exact) mass is 277 g/mol. The number of aryl methyl sites for hydroxylation is 1. The Kier molecular flexibility index (Phi) is 4.60. The molecule has 1 amide bonds. The Morgan fingerprint density at radius 1 is 1.30 bits per heavy atom. The normalized spacial score (nSPS) is 18.3. The molecule has 1 heterocycles. The fourth-order valence-corrected chi connectivity index (χ4v) is 2.62. The number of primary amides is 1. The van der Waals surface area contributed by atoms with Crippen LogP contribution in [0.25, 0.3) is 0 Å². The second-order valence-corrected chi connectivity index (χ2v) is 5.73. The summed E-state index contributed by atoms with van der Waals surface area (Å²) in [5.41, 5.74) is 12.5. The summed E-state index contributed by atoms with van der Waals surface area (Å²) in [6, 6.07) is 3.40. The Bertz CT molecular complexity index is 480. The molecule has 5 heteroatoms. The van der Waals surface area contributed by atoms with Gasteiger partial charge in [0.15, 0.2) is 0 Å². The van der Waals surface area contributed by atoms with Crippen LogP contribution in [0.2, 0.25) is 0 Å². The summed E-state index contributed by atoms with van der Waals surface area (Å²) in [6.07, 6.45) is 6.62. The highest BCUT2D eigenvalue weighted by Gasteiger charge is 2.28. The minimum absolute atomic E-state index is 0.298. The lowest BCUT2D eigenvalue weighted by Crippen LogP contribution is -2.45. The zero-order valence-corrected chi connectivity index (χ0v) is 12.0. The number of aromatic nitrogens is 1. The van der Waals surface area contributed by atoms with Crippen molar-refractivity contribution in [2.24, 2.45) is 11.5 Å². The van der Waals surface area contributed by atoms with Crippen LogP contribution in [0.3, 0.4) is 0 Å². The highest BCUT2D eigenvalue weighted by Crippen LogP contribution is 2.26. The second kappa shape index (κ2) is 6.22. The van der Waals surface area contributed by atoms with Crippen LogP contribution in [-0.2, 0) is 0 Å². The van der Waals surface area contributed by atoms with E-state index in [4.69, 9.17) is 16.2 Å². The molecular formula is C15H23N3O2. The standard InChI is InChI=1S/C15H23N3O2/c1-11-6-7-12(13(16)19)14(18-11)20-10-15(17)8-4-2-3-5-9-15/h6-7H,2-5,8-10,17H2,1H3,(H2,16,19). The van der Waals surface area contributed by atoms with Crippen LogP contribution in [0.5, 0.6) is 5.88 Å². The Labute approximate surface area is 119 Å². The number of carbonyl (C=O) groups is 1. The summed E-state index contributed by atoms with van der Waals surface area (Å²) < 4.78 is 5.74. The van der Waals surface area contributed by atoms with Gasteiger partial charge in [0.25, 0.3) is 5.91 Å². The number of amides is 1. The van der Waals surface area contributed by atoms with E-state index >= 15 is 0 Å². The largest absolute Gasteiger partial charge is 0.475 e. The van der Waals surface area contributed by atoms with Crippen molar-refractivity contribution in [3.05, 3.63) is 23.4 Å². The quantitative estimate of drug-likeness (QED) is 0.822. The molecule has 0 radical (unpaired) electrons. The smallest absolute Gasteiger partial charge is 0.254 e. The van der Waals surface area contributed by atoms with Gasteiger partial charge in [-0.3, -0.25) is 4.79 Å². The van der Waals surface area contributed by atoms with Gasteiger partial charge in [-0.2, -0.15) is 0 Å². The summed E-state index contributed by atoms with van der Waals surface area (Å²) in [5.74, 6) is -0.231. The molecule has 0 spiro atoms. The minimum Gasteiger partial charge on any atom is -0.475 e. The van der Waals surface area contributed by atoms with Gasteiger partial charge in [-0.05, 0) is 31.9 Å². The van der Waals surface area contributed by atoms with Crippen molar-refractivity contribution in [2.45, 2.75) is 51.0 Å². The van der Waals surface area contributed by atoms with Gasteiger partial charge in [-0.25, -0.2) is 4.98 Å². The summed E-state index contributed by atoms with van der Waals surface area (Å²) in [4.78, 5) is 15.6. The fourth-order valence-electron chi connectivity index (χ4n) is 2.62. The Balaban J connectivity index is 2.09. The third-order valence-electron chi connectivity index (χ3n) is 3.86. The fraction of sp³-hybridized carbons (Fsp3) is 0.600. The maximum absolute atomic E-state index is 11.4. The molecule has 4 N–H and O–H groups in total. The van der Waals surface area contributed by atoms with Crippen LogP contribution in [0.1, 0.15) is 54.6 Å². The number of nitrogens with two attached hydrogens (primary N) is 2. The number of rotatable bonds is 4. The molecule has 5 nitrogen and oxygen atoms in total. The molecule has 0 atom stereocenters. The lowest BCUT2D eigenvalue weighted by Gasteiger charge is -2.27. The predicted molar refractivity (Wildman–Crippen MR) is 77.6 cm³/mol. The maximum Gasteiger partial charge on any atom is 0.254 e. The van der Waals surface area contributed by atoms with Crippen molar-refractivity contribution in [1.29, 1.82) is 0 Å². The minimum atomic E-state index is -0.528. The second-order valence-electron chi connectivity index (χ2n) is 5.73. The number of nitrogens with zero attached hydrogens (tertiary/aromatic N) is 1. The topological polar surface area (TPSA) is 91.2 Å². The first-order valence-electron chi connectivity index (χ1n) is 7.19. The highest BCUT2D eigenvalue weighted by molar-refractivity contribution is 5.95. The van der Waals surface area contributed by atoms with Crippen LogP contribution in [0.4, 0.5) is 0 Å². The molecule has 2 rings (SSSR count). The summed E-state index contributed by atoms with van der Waals surface area (Å²) >= 11 is 0. The molecule has 0 aliphatic heterocycles. The van der Waals surface area contributed by atoms with Gasteiger partial charge < -0.3 is 16.2 Å². The zero-order chi connectivity index (χ0) is 14.6. The molecule has 110 valence electrons. The van der Waals surface area contributed by atoms with Crippen molar-refractivity contribution in [3.8, 4) is 5.88 Å². The van der Waals surface area contributed by atoms with Gasteiger partial charge in [-0.1, -0.05) is 25.7 Å². The van der Waals surface area contributed by atoms with Crippen LogP contribution in [0, 0.1) is 6.92 Å². The van der Waals surface area contributed by atoms with Crippen LogP contribution < -0.4 is 16.2 Å². The average molecular weight is 277 g/mol. The number of hydrogen-bond acceptors (Lipinski definition) is 4. The van der Waals surface area contributed by atoms with Crippen LogP contribution in [-0.4, -0.2) is 23.0 Å². The molecule has 0 aromatic carbocycles. The summed E-state index contributed by atoms with van der Waals surface area (Å²) in [5, 5.41) is 0. The molecule has 1 fully saturated rings.